The zero-order valence-corrected chi connectivity index (χ0v) is 23.1. The van der Waals surface area contributed by atoms with Crippen molar-refractivity contribution in [2.24, 2.45) is 11.7 Å². The van der Waals surface area contributed by atoms with Gasteiger partial charge in [-0.15, -0.1) is 0 Å². The van der Waals surface area contributed by atoms with E-state index in [1.165, 1.54) is 5.56 Å². The van der Waals surface area contributed by atoms with E-state index >= 15 is 0 Å². The van der Waals surface area contributed by atoms with Crippen LogP contribution >= 0.6 is 0 Å². The summed E-state index contributed by atoms with van der Waals surface area (Å²) in [5, 5.41) is 7.12. The van der Waals surface area contributed by atoms with Gasteiger partial charge in [0.1, 0.15) is 0 Å². The molecule has 1 aliphatic heterocycles. The summed E-state index contributed by atoms with van der Waals surface area (Å²) in [5.41, 5.74) is 8.62. The Kier molecular flexibility index (Phi) is 8.56. The SMILES string of the molecule is CC(C)c1cc(C(C)C)c(S(=O)(=O)C2CCC(C(=O)N3CCN(C(=N)N)CC3)CC2)c(C(C)C)c1. The Morgan fingerprint density at radius 3 is 1.71 bits per heavy atom. The number of carbonyl (C=O) groups excluding carboxylic acids is 1. The van der Waals surface area contributed by atoms with Crippen LogP contribution in [-0.4, -0.2) is 61.5 Å². The van der Waals surface area contributed by atoms with Crippen molar-refractivity contribution < 1.29 is 13.2 Å². The lowest BCUT2D eigenvalue weighted by Gasteiger charge is -2.38. The van der Waals surface area contributed by atoms with Gasteiger partial charge in [-0.2, -0.15) is 0 Å². The highest BCUT2D eigenvalue weighted by Gasteiger charge is 2.39. The number of carbonyl (C=O) groups is 1. The molecule has 1 saturated carbocycles. The lowest BCUT2D eigenvalue weighted by molar-refractivity contribution is -0.137. The standard InChI is InChI=1S/C27H44N4O3S/c1-17(2)21-15-23(18(3)4)25(24(16-21)19(5)6)35(33,34)22-9-7-20(8-10-22)26(32)30-11-13-31(14-12-30)27(28)29/h15-20,22H,7-14H2,1-6H3,(H3,28,29). The molecule has 0 spiro atoms. The summed E-state index contributed by atoms with van der Waals surface area (Å²) in [7, 11) is -3.52. The molecule has 2 aliphatic rings. The first-order valence-electron chi connectivity index (χ1n) is 13.1. The van der Waals surface area contributed by atoms with E-state index in [0.29, 0.717) is 62.7 Å². The number of nitrogens with two attached hydrogens (primary N) is 1. The van der Waals surface area contributed by atoms with Crippen molar-refractivity contribution in [3.63, 3.8) is 0 Å². The Labute approximate surface area is 211 Å². The second kappa shape index (κ2) is 10.9. The van der Waals surface area contributed by atoms with Crippen molar-refractivity contribution in [2.75, 3.05) is 26.2 Å². The van der Waals surface area contributed by atoms with Crippen LogP contribution in [-0.2, 0) is 14.6 Å². The van der Waals surface area contributed by atoms with Crippen LogP contribution in [0.3, 0.4) is 0 Å². The highest BCUT2D eigenvalue weighted by molar-refractivity contribution is 7.92. The molecule has 3 N–H and O–H groups in total. The normalized spacial score (nSPS) is 21.7. The summed E-state index contributed by atoms with van der Waals surface area (Å²) in [4.78, 5) is 17.3. The molecule has 0 bridgehead atoms. The average Bonchev–Trinajstić information content (AvgIpc) is 2.82. The molecule has 1 aliphatic carbocycles. The molecular formula is C27H44N4O3S. The monoisotopic (exact) mass is 504 g/mol. The van der Waals surface area contributed by atoms with Gasteiger partial charge in [-0.05, 0) is 60.1 Å². The summed E-state index contributed by atoms with van der Waals surface area (Å²) in [6.45, 7) is 14.9. The van der Waals surface area contributed by atoms with Crippen molar-refractivity contribution in [1.29, 1.82) is 5.41 Å². The van der Waals surface area contributed by atoms with E-state index in [4.69, 9.17) is 11.1 Å². The zero-order chi connectivity index (χ0) is 26.1. The number of amides is 1. The van der Waals surface area contributed by atoms with Crippen LogP contribution in [0.5, 0.6) is 0 Å². The molecule has 1 saturated heterocycles. The van der Waals surface area contributed by atoms with Crippen molar-refractivity contribution in [3.05, 3.63) is 28.8 Å². The molecule has 0 aromatic heterocycles. The second-order valence-electron chi connectivity index (χ2n) is 11.2. The molecule has 0 unspecified atom stereocenters. The van der Waals surface area contributed by atoms with E-state index in [2.05, 4.69) is 53.7 Å². The minimum absolute atomic E-state index is 0.0470. The van der Waals surface area contributed by atoms with Crippen molar-refractivity contribution in [1.82, 2.24) is 9.80 Å². The molecule has 1 amide bonds. The fourth-order valence-electron chi connectivity index (χ4n) is 5.43. The minimum atomic E-state index is -3.52. The Bertz CT molecular complexity index is 1000. The Morgan fingerprint density at radius 2 is 1.31 bits per heavy atom. The molecule has 1 aromatic rings. The third-order valence-corrected chi connectivity index (χ3v) is 10.1. The van der Waals surface area contributed by atoms with Crippen LogP contribution in [0.2, 0.25) is 0 Å². The van der Waals surface area contributed by atoms with Crippen molar-refractivity contribution in [3.8, 4) is 0 Å². The number of sulfone groups is 1. The number of piperazine rings is 1. The second-order valence-corrected chi connectivity index (χ2v) is 13.4. The van der Waals surface area contributed by atoms with Crippen molar-refractivity contribution >= 4 is 21.7 Å². The highest BCUT2D eigenvalue weighted by Crippen LogP contribution is 2.40. The number of nitrogens with zero attached hydrogens (tertiary/aromatic N) is 2. The molecule has 2 fully saturated rings. The number of nitrogens with one attached hydrogen (secondary N) is 1. The van der Waals surface area contributed by atoms with Crippen LogP contribution < -0.4 is 5.73 Å². The third kappa shape index (κ3) is 5.84. The molecule has 0 radical (unpaired) electrons. The van der Waals surface area contributed by atoms with E-state index < -0.39 is 15.1 Å². The molecule has 35 heavy (non-hydrogen) atoms. The summed E-state index contributed by atoms with van der Waals surface area (Å²) < 4.78 is 28.1. The fourth-order valence-corrected chi connectivity index (χ4v) is 7.90. The van der Waals surface area contributed by atoms with Crippen LogP contribution in [0.25, 0.3) is 0 Å². The Balaban J connectivity index is 1.79. The minimum Gasteiger partial charge on any atom is -0.370 e. The number of hydrogen-bond donors (Lipinski definition) is 2. The summed E-state index contributed by atoms with van der Waals surface area (Å²) in [6, 6.07) is 4.20. The van der Waals surface area contributed by atoms with Crippen LogP contribution in [0.4, 0.5) is 0 Å². The lowest BCUT2D eigenvalue weighted by atomic mass is 9.87. The van der Waals surface area contributed by atoms with Gasteiger partial charge in [0.05, 0.1) is 10.1 Å². The van der Waals surface area contributed by atoms with Gasteiger partial charge in [-0.3, -0.25) is 10.2 Å². The fraction of sp³-hybridized carbons (Fsp3) is 0.704. The molecule has 8 heteroatoms. The summed E-state index contributed by atoms with van der Waals surface area (Å²) in [5.74, 6) is 0.607. The Morgan fingerprint density at radius 1 is 0.857 bits per heavy atom. The van der Waals surface area contributed by atoms with E-state index in [9.17, 15) is 13.2 Å². The topological polar surface area (TPSA) is 108 Å². The molecule has 196 valence electrons. The summed E-state index contributed by atoms with van der Waals surface area (Å²) in [6.07, 6.45) is 2.25. The largest absolute Gasteiger partial charge is 0.370 e. The molecule has 1 heterocycles. The smallest absolute Gasteiger partial charge is 0.225 e. The summed E-state index contributed by atoms with van der Waals surface area (Å²) >= 11 is 0. The third-order valence-electron chi connectivity index (χ3n) is 7.76. The number of benzene rings is 1. The Hall–Kier alpha value is -2.09. The van der Waals surface area contributed by atoms with Crippen LogP contribution in [0, 0.1) is 11.3 Å². The van der Waals surface area contributed by atoms with Crippen LogP contribution in [0.15, 0.2) is 17.0 Å². The van der Waals surface area contributed by atoms with Gasteiger partial charge in [-0.1, -0.05) is 53.7 Å². The zero-order valence-electron chi connectivity index (χ0n) is 22.3. The van der Waals surface area contributed by atoms with Gasteiger partial charge < -0.3 is 15.5 Å². The van der Waals surface area contributed by atoms with Gasteiger partial charge in [0, 0.05) is 32.1 Å². The molecule has 0 atom stereocenters. The molecule has 3 rings (SSSR count). The average molecular weight is 505 g/mol. The molecule has 1 aromatic carbocycles. The molecule has 7 nitrogen and oxygen atoms in total. The predicted octanol–water partition coefficient (Wildman–Crippen LogP) is 4.43. The van der Waals surface area contributed by atoms with E-state index in [1.54, 1.807) is 4.90 Å². The van der Waals surface area contributed by atoms with Gasteiger partial charge in [0.2, 0.25) is 5.91 Å². The predicted molar refractivity (Wildman–Crippen MR) is 142 cm³/mol. The van der Waals surface area contributed by atoms with Gasteiger partial charge >= 0.3 is 0 Å². The maximum atomic E-state index is 14.1. The lowest BCUT2D eigenvalue weighted by Crippen LogP contribution is -2.53. The van der Waals surface area contributed by atoms with E-state index in [0.717, 1.165) is 11.1 Å². The van der Waals surface area contributed by atoms with Crippen LogP contribution in [0.1, 0.15) is 102 Å². The van der Waals surface area contributed by atoms with Gasteiger partial charge in [-0.25, -0.2) is 8.42 Å². The quantitative estimate of drug-likeness (QED) is 0.440. The first-order chi connectivity index (χ1) is 16.3. The van der Waals surface area contributed by atoms with Gasteiger partial charge in [0.15, 0.2) is 15.8 Å². The first kappa shape index (κ1) is 27.5. The van der Waals surface area contributed by atoms with E-state index in [1.807, 2.05) is 4.90 Å². The number of guanidine groups is 1. The van der Waals surface area contributed by atoms with Crippen molar-refractivity contribution in [2.45, 2.75) is 95.1 Å². The maximum Gasteiger partial charge on any atom is 0.225 e. The van der Waals surface area contributed by atoms with Gasteiger partial charge in [0.25, 0.3) is 0 Å². The maximum absolute atomic E-state index is 14.1. The number of rotatable bonds is 6. The van der Waals surface area contributed by atoms with E-state index in [-0.39, 0.29) is 29.6 Å². The number of hydrogen-bond acceptors (Lipinski definition) is 4. The first-order valence-corrected chi connectivity index (χ1v) is 14.7. The molecular weight excluding hydrogens is 460 g/mol. The highest BCUT2D eigenvalue weighted by atomic mass is 32.2.